The van der Waals surface area contributed by atoms with Gasteiger partial charge in [-0.05, 0) is 43.4 Å². The van der Waals surface area contributed by atoms with E-state index in [0.717, 1.165) is 30.6 Å². The summed E-state index contributed by atoms with van der Waals surface area (Å²) in [6.07, 6.45) is 3.95. The largest absolute Gasteiger partial charge is 0.494 e. The number of aliphatic hydroxyl groups is 1. The van der Waals surface area contributed by atoms with Crippen LogP contribution < -0.4 is 10.5 Å². The molecule has 0 spiro atoms. The smallest absolute Gasteiger partial charge is 0.119 e. The maximum Gasteiger partial charge on any atom is 0.119 e. The number of nitrogens with two attached hydrogens (primary N) is 1. The predicted octanol–water partition coefficient (Wildman–Crippen LogP) is 3.27. The standard InChI is InChI=1S/C17H27NO2/c1-3-20-15-8-6-14(7-9-15)16(19)17(12-18)10-4-5-13(2)11-17/h6-9,13,16,19H,3-5,10-12,18H2,1-2H3. The molecule has 2 rings (SSSR count). The van der Waals surface area contributed by atoms with Gasteiger partial charge in [0.05, 0.1) is 12.7 Å². The summed E-state index contributed by atoms with van der Waals surface area (Å²) in [6.45, 7) is 5.43. The maximum absolute atomic E-state index is 10.8. The average Bonchev–Trinajstić information content (AvgIpc) is 2.47. The second-order valence-corrected chi connectivity index (χ2v) is 6.17. The molecule has 1 aromatic rings. The van der Waals surface area contributed by atoms with Crippen LogP contribution in [0.5, 0.6) is 5.75 Å². The molecule has 3 unspecified atom stereocenters. The number of benzene rings is 1. The van der Waals surface area contributed by atoms with E-state index in [-0.39, 0.29) is 5.41 Å². The SMILES string of the molecule is CCOc1ccc(C(O)C2(CN)CCCC(C)C2)cc1. The molecule has 0 radical (unpaired) electrons. The minimum absolute atomic E-state index is 0.162. The predicted molar refractivity (Wildman–Crippen MR) is 81.7 cm³/mol. The summed E-state index contributed by atoms with van der Waals surface area (Å²) in [6, 6.07) is 7.79. The Labute approximate surface area is 122 Å². The lowest BCUT2D eigenvalue weighted by molar-refractivity contribution is -0.0131. The molecule has 1 aromatic carbocycles. The third-order valence-corrected chi connectivity index (χ3v) is 4.62. The summed E-state index contributed by atoms with van der Waals surface area (Å²) in [5.74, 6) is 1.49. The Morgan fingerprint density at radius 3 is 2.65 bits per heavy atom. The zero-order chi connectivity index (χ0) is 14.6. The Kier molecular flexibility index (Phi) is 5.06. The van der Waals surface area contributed by atoms with Gasteiger partial charge >= 0.3 is 0 Å². The van der Waals surface area contributed by atoms with Gasteiger partial charge in [-0.1, -0.05) is 31.9 Å². The first-order valence-electron chi connectivity index (χ1n) is 7.72. The molecule has 112 valence electrons. The molecule has 0 aromatic heterocycles. The summed E-state index contributed by atoms with van der Waals surface area (Å²) < 4.78 is 5.45. The van der Waals surface area contributed by atoms with Gasteiger partial charge in [0, 0.05) is 12.0 Å². The van der Waals surface area contributed by atoms with Gasteiger partial charge in [0.25, 0.3) is 0 Å². The van der Waals surface area contributed by atoms with Gasteiger partial charge in [-0.25, -0.2) is 0 Å². The van der Waals surface area contributed by atoms with Crippen LogP contribution in [0.3, 0.4) is 0 Å². The van der Waals surface area contributed by atoms with E-state index < -0.39 is 6.10 Å². The van der Waals surface area contributed by atoms with Crippen LogP contribution in [-0.2, 0) is 0 Å². The van der Waals surface area contributed by atoms with Gasteiger partial charge in [0.1, 0.15) is 5.75 Å². The van der Waals surface area contributed by atoms with Crippen molar-refractivity contribution in [3.8, 4) is 5.75 Å². The summed E-state index contributed by atoms with van der Waals surface area (Å²) in [5, 5.41) is 10.8. The van der Waals surface area contributed by atoms with Crippen molar-refractivity contribution in [3.05, 3.63) is 29.8 Å². The highest BCUT2D eigenvalue weighted by Crippen LogP contribution is 2.47. The zero-order valence-corrected chi connectivity index (χ0v) is 12.6. The van der Waals surface area contributed by atoms with Crippen LogP contribution >= 0.6 is 0 Å². The van der Waals surface area contributed by atoms with E-state index >= 15 is 0 Å². The number of rotatable bonds is 5. The van der Waals surface area contributed by atoms with Crippen molar-refractivity contribution in [1.82, 2.24) is 0 Å². The first kappa shape index (κ1) is 15.3. The van der Waals surface area contributed by atoms with E-state index in [1.54, 1.807) is 0 Å². The molecular formula is C17H27NO2. The first-order chi connectivity index (χ1) is 9.61. The molecule has 3 nitrogen and oxygen atoms in total. The minimum Gasteiger partial charge on any atom is -0.494 e. The van der Waals surface area contributed by atoms with Gasteiger partial charge in [0.15, 0.2) is 0 Å². The van der Waals surface area contributed by atoms with E-state index in [2.05, 4.69) is 6.92 Å². The Hall–Kier alpha value is -1.06. The molecule has 0 aliphatic heterocycles. The average molecular weight is 277 g/mol. The lowest BCUT2D eigenvalue weighted by Gasteiger charge is -2.43. The van der Waals surface area contributed by atoms with E-state index in [4.69, 9.17) is 10.5 Å². The summed E-state index contributed by atoms with van der Waals surface area (Å²) in [5.41, 5.74) is 6.82. The van der Waals surface area contributed by atoms with Gasteiger partial charge in [0.2, 0.25) is 0 Å². The Morgan fingerprint density at radius 2 is 2.10 bits per heavy atom. The molecule has 0 amide bonds. The minimum atomic E-state index is -0.481. The monoisotopic (exact) mass is 277 g/mol. The molecule has 3 atom stereocenters. The maximum atomic E-state index is 10.8. The molecule has 1 saturated carbocycles. The van der Waals surface area contributed by atoms with Crippen molar-refractivity contribution in [2.45, 2.75) is 45.6 Å². The van der Waals surface area contributed by atoms with E-state index in [9.17, 15) is 5.11 Å². The van der Waals surface area contributed by atoms with Crippen molar-refractivity contribution >= 4 is 0 Å². The fraction of sp³-hybridized carbons (Fsp3) is 0.647. The summed E-state index contributed by atoms with van der Waals surface area (Å²) >= 11 is 0. The molecule has 1 aliphatic rings. The molecular weight excluding hydrogens is 250 g/mol. The fourth-order valence-electron chi connectivity index (χ4n) is 3.51. The summed E-state index contributed by atoms with van der Waals surface area (Å²) in [4.78, 5) is 0. The highest BCUT2D eigenvalue weighted by Gasteiger charge is 2.40. The number of aliphatic hydroxyl groups excluding tert-OH is 1. The zero-order valence-electron chi connectivity index (χ0n) is 12.6. The van der Waals surface area contributed by atoms with Gasteiger partial charge in [-0.2, -0.15) is 0 Å². The molecule has 0 bridgehead atoms. The van der Waals surface area contributed by atoms with Crippen LogP contribution in [0.1, 0.15) is 51.2 Å². The Balaban J connectivity index is 2.17. The first-order valence-corrected chi connectivity index (χ1v) is 7.72. The van der Waals surface area contributed by atoms with Crippen LogP contribution in [0.2, 0.25) is 0 Å². The molecule has 0 heterocycles. The van der Waals surface area contributed by atoms with Crippen LogP contribution in [-0.4, -0.2) is 18.3 Å². The van der Waals surface area contributed by atoms with Crippen molar-refractivity contribution in [3.63, 3.8) is 0 Å². The third-order valence-electron chi connectivity index (χ3n) is 4.62. The van der Waals surface area contributed by atoms with Gasteiger partial charge < -0.3 is 15.6 Å². The van der Waals surface area contributed by atoms with E-state index in [1.807, 2.05) is 31.2 Å². The van der Waals surface area contributed by atoms with E-state index in [1.165, 1.54) is 6.42 Å². The third kappa shape index (κ3) is 3.15. The topological polar surface area (TPSA) is 55.5 Å². The summed E-state index contributed by atoms with van der Waals surface area (Å²) in [7, 11) is 0. The van der Waals surface area contributed by atoms with Crippen LogP contribution in [0.15, 0.2) is 24.3 Å². The van der Waals surface area contributed by atoms with Crippen LogP contribution in [0.4, 0.5) is 0 Å². The van der Waals surface area contributed by atoms with E-state index in [0.29, 0.717) is 19.1 Å². The van der Waals surface area contributed by atoms with Gasteiger partial charge in [-0.3, -0.25) is 0 Å². The lowest BCUT2D eigenvalue weighted by Crippen LogP contribution is -2.40. The van der Waals surface area contributed by atoms with Crippen molar-refractivity contribution < 1.29 is 9.84 Å². The second kappa shape index (κ2) is 6.59. The highest BCUT2D eigenvalue weighted by molar-refractivity contribution is 5.29. The highest BCUT2D eigenvalue weighted by atomic mass is 16.5. The quantitative estimate of drug-likeness (QED) is 0.868. The molecule has 20 heavy (non-hydrogen) atoms. The number of hydrogen-bond acceptors (Lipinski definition) is 3. The Bertz CT molecular complexity index is 418. The number of hydrogen-bond donors (Lipinski definition) is 2. The molecule has 3 N–H and O–H groups in total. The van der Waals surface area contributed by atoms with Crippen LogP contribution in [0.25, 0.3) is 0 Å². The number of ether oxygens (including phenoxy) is 1. The van der Waals surface area contributed by atoms with Crippen molar-refractivity contribution in [2.75, 3.05) is 13.2 Å². The normalized spacial score (nSPS) is 28.1. The Morgan fingerprint density at radius 1 is 1.40 bits per heavy atom. The lowest BCUT2D eigenvalue weighted by atomic mass is 9.65. The second-order valence-electron chi connectivity index (χ2n) is 6.17. The molecule has 1 fully saturated rings. The van der Waals surface area contributed by atoms with Crippen molar-refractivity contribution in [2.24, 2.45) is 17.1 Å². The molecule has 3 heteroatoms. The van der Waals surface area contributed by atoms with Gasteiger partial charge in [-0.15, -0.1) is 0 Å². The molecule has 0 saturated heterocycles. The fourth-order valence-corrected chi connectivity index (χ4v) is 3.51. The van der Waals surface area contributed by atoms with Crippen LogP contribution in [0, 0.1) is 11.3 Å². The molecule has 1 aliphatic carbocycles. The van der Waals surface area contributed by atoms with Crippen molar-refractivity contribution in [1.29, 1.82) is 0 Å².